The molecule has 5 heterocycles. The average molecular weight is 397 g/mol. The Kier molecular flexibility index (Phi) is 4.38. The Morgan fingerprint density at radius 3 is 2.83 bits per heavy atom. The zero-order valence-corrected chi connectivity index (χ0v) is 16.9. The number of carbonyl (C=O) groups is 2. The second kappa shape index (κ2) is 6.83. The molecule has 2 bridgehead atoms. The maximum atomic E-state index is 13.4. The molecule has 5 rings (SSSR count). The molecule has 1 spiro atoms. The summed E-state index contributed by atoms with van der Waals surface area (Å²) in [4.78, 5) is 34.3. The number of pyridine rings is 1. The van der Waals surface area contributed by atoms with Gasteiger partial charge in [0.15, 0.2) is 0 Å². The lowest BCUT2D eigenvalue weighted by Crippen LogP contribution is -2.49. The number of fused-ring (bicyclic) bond motifs is 1. The number of amides is 2. The molecule has 4 aliphatic rings. The van der Waals surface area contributed by atoms with E-state index in [1.165, 1.54) is 0 Å². The molecule has 3 saturated heterocycles. The summed E-state index contributed by atoms with van der Waals surface area (Å²) in [7, 11) is 0. The summed E-state index contributed by atoms with van der Waals surface area (Å²) in [5, 5.41) is 0. The number of hydrogen-bond acceptors (Lipinski definition) is 5. The highest BCUT2D eigenvalue weighted by Gasteiger charge is 2.67. The first kappa shape index (κ1) is 18.6. The van der Waals surface area contributed by atoms with Crippen LogP contribution in [-0.4, -0.2) is 70.1 Å². The molecule has 3 fully saturated rings. The minimum absolute atomic E-state index is 0.0463. The predicted molar refractivity (Wildman–Crippen MR) is 105 cm³/mol. The van der Waals surface area contributed by atoms with Crippen molar-refractivity contribution in [3.05, 3.63) is 36.7 Å². The van der Waals surface area contributed by atoms with Crippen LogP contribution in [0.1, 0.15) is 26.7 Å². The summed E-state index contributed by atoms with van der Waals surface area (Å²) >= 11 is 0. The fourth-order valence-electron chi connectivity index (χ4n) is 5.26. The van der Waals surface area contributed by atoms with Crippen molar-refractivity contribution in [1.29, 1.82) is 0 Å². The van der Waals surface area contributed by atoms with E-state index in [1.807, 2.05) is 47.9 Å². The molecule has 7 heteroatoms. The van der Waals surface area contributed by atoms with Gasteiger partial charge in [-0.2, -0.15) is 0 Å². The molecule has 0 N–H and O–H groups in total. The minimum atomic E-state index is -0.617. The van der Waals surface area contributed by atoms with Crippen LogP contribution in [0.3, 0.4) is 0 Å². The highest BCUT2D eigenvalue weighted by Crippen LogP contribution is 2.52. The summed E-state index contributed by atoms with van der Waals surface area (Å²) in [5.74, 6) is 0.0602. The molecule has 0 aromatic carbocycles. The predicted octanol–water partition coefficient (Wildman–Crippen LogP) is 1.64. The lowest BCUT2D eigenvalue weighted by atomic mass is 9.76. The molecule has 154 valence electrons. The molecule has 4 aliphatic heterocycles. The van der Waals surface area contributed by atoms with E-state index in [-0.39, 0.29) is 30.1 Å². The zero-order chi connectivity index (χ0) is 20.2. The molecule has 29 heavy (non-hydrogen) atoms. The summed E-state index contributed by atoms with van der Waals surface area (Å²) < 4.78 is 12.2. The Labute approximate surface area is 170 Å². The Morgan fingerprint density at radius 1 is 1.34 bits per heavy atom. The lowest BCUT2D eigenvalue weighted by molar-refractivity contribution is -0.145. The van der Waals surface area contributed by atoms with Crippen LogP contribution in [0.5, 0.6) is 5.75 Å². The third kappa shape index (κ3) is 2.94. The van der Waals surface area contributed by atoms with Crippen molar-refractivity contribution in [1.82, 2.24) is 14.8 Å². The van der Waals surface area contributed by atoms with Crippen molar-refractivity contribution >= 4 is 11.8 Å². The van der Waals surface area contributed by atoms with Crippen LogP contribution in [0.15, 0.2) is 36.7 Å². The molecule has 7 nitrogen and oxygen atoms in total. The van der Waals surface area contributed by atoms with Gasteiger partial charge in [-0.25, -0.2) is 0 Å². The van der Waals surface area contributed by atoms with E-state index in [0.717, 1.165) is 18.6 Å². The Bertz CT molecular complexity index is 834. The van der Waals surface area contributed by atoms with Gasteiger partial charge < -0.3 is 19.3 Å². The van der Waals surface area contributed by atoms with Crippen LogP contribution in [0.2, 0.25) is 0 Å². The van der Waals surface area contributed by atoms with Crippen LogP contribution in [0.25, 0.3) is 0 Å². The Hall–Kier alpha value is -2.41. The number of ether oxygens (including phenoxy) is 2. The number of rotatable bonds is 4. The zero-order valence-electron chi connectivity index (χ0n) is 16.9. The SMILES string of the molecule is CC(C)N1C[C@@]23C=C[C@@H](O2)[C@H](C(=O)N2CCC(Oc4cccnc4)CC2)[C@@H]3C1=O. The third-order valence-corrected chi connectivity index (χ3v) is 6.73. The monoisotopic (exact) mass is 397 g/mol. The summed E-state index contributed by atoms with van der Waals surface area (Å²) in [6.45, 7) is 5.84. The van der Waals surface area contributed by atoms with Crippen molar-refractivity contribution in [3.63, 3.8) is 0 Å². The number of likely N-dealkylation sites (tertiary alicyclic amines) is 2. The highest BCUT2D eigenvalue weighted by atomic mass is 16.5. The summed E-state index contributed by atoms with van der Waals surface area (Å²) in [6, 6.07) is 3.86. The third-order valence-electron chi connectivity index (χ3n) is 6.73. The quantitative estimate of drug-likeness (QED) is 0.723. The van der Waals surface area contributed by atoms with Gasteiger partial charge in [0.05, 0.1) is 30.7 Å². The van der Waals surface area contributed by atoms with Crippen molar-refractivity contribution in [2.75, 3.05) is 19.6 Å². The first-order valence-corrected chi connectivity index (χ1v) is 10.5. The minimum Gasteiger partial charge on any atom is -0.489 e. The highest BCUT2D eigenvalue weighted by molar-refractivity contribution is 5.93. The Balaban J connectivity index is 1.26. The van der Waals surface area contributed by atoms with E-state index in [2.05, 4.69) is 4.98 Å². The molecule has 0 unspecified atom stereocenters. The van der Waals surface area contributed by atoms with Gasteiger partial charge in [0.2, 0.25) is 11.8 Å². The maximum absolute atomic E-state index is 13.4. The number of hydrogen-bond donors (Lipinski definition) is 0. The van der Waals surface area contributed by atoms with Crippen molar-refractivity contribution in [2.24, 2.45) is 11.8 Å². The first-order chi connectivity index (χ1) is 14.0. The molecule has 2 amide bonds. The van der Waals surface area contributed by atoms with Crippen molar-refractivity contribution in [2.45, 2.75) is 50.5 Å². The standard InChI is InChI=1S/C22H27N3O4/c1-14(2)25-13-22-8-5-17(29-22)18(19(22)21(25)27)20(26)24-10-6-15(7-11-24)28-16-4-3-9-23-12-16/h3-5,8-9,12,14-15,17-19H,6-7,10-11,13H2,1-2H3/t17-,18+,19-,22-/m1/s1. The normalized spacial score (nSPS) is 33.6. The van der Waals surface area contributed by atoms with Crippen molar-refractivity contribution < 1.29 is 19.1 Å². The van der Waals surface area contributed by atoms with Gasteiger partial charge in [-0.05, 0) is 26.0 Å². The molecule has 1 aromatic rings. The lowest BCUT2D eigenvalue weighted by Gasteiger charge is -2.35. The van der Waals surface area contributed by atoms with Gasteiger partial charge in [-0.3, -0.25) is 14.6 Å². The van der Waals surface area contributed by atoms with E-state index >= 15 is 0 Å². The second-order valence-electron chi connectivity index (χ2n) is 8.79. The topological polar surface area (TPSA) is 72.0 Å². The maximum Gasteiger partial charge on any atom is 0.230 e. The molecule has 4 atom stereocenters. The van der Waals surface area contributed by atoms with E-state index in [4.69, 9.17) is 9.47 Å². The fourth-order valence-corrected chi connectivity index (χ4v) is 5.26. The van der Waals surface area contributed by atoms with Gasteiger partial charge in [0.25, 0.3) is 0 Å². The van der Waals surface area contributed by atoms with Gasteiger partial charge >= 0.3 is 0 Å². The van der Waals surface area contributed by atoms with Crippen LogP contribution >= 0.6 is 0 Å². The molecule has 0 saturated carbocycles. The van der Waals surface area contributed by atoms with Crippen molar-refractivity contribution in [3.8, 4) is 5.75 Å². The van der Waals surface area contributed by atoms with Crippen LogP contribution in [0, 0.1) is 11.8 Å². The molecule has 0 aliphatic carbocycles. The second-order valence-corrected chi connectivity index (χ2v) is 8.79. The largest absolute Gasteiger partial charge is 0.489 e. The molecule has 0 radical (unpaired) electrons. The number of nitrogens with zero attached hydrogens (tertiary/aromatic N) is 3. The average Bonchev–Trinajstić information content (AvgIpc) is 3.37. The molecular weight excluding hydrogens is 370 g/mol. The van der Waals surface area contributed by atoms with E-state index in [1.54, 1.807) is 12.4 Å². The van der Waals surface area contributed by atoms with Gasteiger partial charge in [-0.15, -0.1) is 0 Å². The van der Waals surface area contributed by atoms with Crippen LogP contribution in [0.4, 0.5) is 0 Å². The van der Waals surface area contributed by atoms with Gasteiger partial charge in [0, 0.05) is 38.2 Å². The van der Waals surface area contributed by atoms with Gasteiger partial charge in [0.1, 0.15) is 17.5 Å². The van der Waals surface area contributed by atoms with Crippen LogP contribution in [-0.2, 0) is 14.3 Å². The van der Waals surface area contributed by atoms with E-state index in [0.29, 0.717) is 19.6 Å². The fraction of sp³-hybridized carbons (Fsp3) is 0.591. The van der Waals surface area contributed by atoms with Gasteiger partial charge in [-0.1, -0.05) is 12.2 Å². The van der Waals surface area contributed by atoms with E-state index < -0.39 is 17.4 Å². The Morgan fingerprint density at radius 2 is 2.14 bits per heavy atom. The smallest absolute Gasteiger partial charge is 0.230 e. The number of piperidine rings is 1. The molecule has 1 aromatic heterocycles. The van der Waals surface area contributed by atoms with E-state index in [9.17, 15) is 9.59 Å². The number of carbonyl (C=O) groups excluding carboxylic acids is 2. The number of aromatic nitrogens is 1. The van der Waals surface area contributed by atoms with Crippen LogP contribution < -0.4 is 4.74 Å². The summed E-state index contributed by atoms with van der Waals surface area (Å²) in [6.07, 6.45) is 8.77. The summed E-state index contributed by atoms with van der Waals surface area (Å²) in [5.41, 5.74) is -0.617. The molecular formula is C22H27N3O4. The first-order valence-electron chi connectivity index (χ1n) is 10.5.